The Bertz CT molecular complexity index is 652. The molecule has 1 aromatic heterocycles. The number of fused-ring (bicyclic) bond motifs is 1. The molecule has 1 saturated carbocycles. The lowest BCUT2D eigenvalue weighted by molar-refractivity contribution is -0.123. The highest BCUT2D eigenvalue weighted by molar-refractivity contribution is 5.86. The second kappa shape index (κ2) is 6.75. The Hall–Kier alpha value is -2.14. The fourth-order valence-electron chi connectivity index (χ4n) is 3.09. The van der Waals surface area contributed by atoms with Crippen LogP contribution in [0.3, 0.4) is 0 Å². The summed E-state index contributed by atoms with van der Waals surface area (Å²) >= 11 is 0. The molecule has 4 N–H and O–H groups in total. The van der Waals surface area contributed by atoms with Crippen LogP contribution in [0.15, 0.2) is 36.7 Å². The van der Waals surface area contributed by atoms with E-state index < -0.39 is 6.04 Å². The highest BCUT2D eigenvalue weighted by atomic mass is 16.2. The number of benzene rings is 1. The zero-order chi connectivity index (χ0) is 15.4. The molecule has 0 bridgehead atoms. The van der Waals surface area contributed by atoms with Crippen LogP contribution in [-0.2, 0) is 4.79 Å². The molecule has 2 aromatic rings. The molecule has 5 nitrogen and oxygen atoms in total. The van der Waals surface area contributed by atoms with E-state index in [9.17, 15) is 4.79 Å². The van der Waals surface area contributed by atoms with Gasteiger partial charge in [0, 0.05) is 17.8 Å². The number of carbonyl (C=O) groups is 1. The van der Waals surface area contributed by atoms with Crippen molar-refractivity contribution < 1.29 is 4.79 Å². The molecule has 1 aliphatic carbocycles. The van der Waals surface area contributed by atoms with Crippen LogP contribution in [0.5, 0.6) is 0 Å². The van der Waals surface area contributed by atoms with Crippen LogP contribution in [-0.4, -0.2) is 16.9 Å². The lowest BCUT2D eigenvalue weighted by Crippen LogP contribution is -2.47. The minimum atomic E-state index is -0.433. The van der Waals surface area contributed by atoms with Gasteiger partial charge in [0.1, 0.15) is 0 Å². The van der Waals surface area contributed by atoms with Gasteiger partial charge in [-0.3, -0.25) is 20.6 Å². The number of carbonyl (C=O) groups excluding carboxylic acids is 1. The summed E-state index contributed by atoms with van der Waals surface area (Å²) in [4.78, 5) is 16.3. The number of nitrogens with two attached hydrogens (primary N) is 1. The monoisotopic (exact) mass is 298 g/mol. The van der Waals surface area contributed by atoms with Crippen LogP contribution < -0.4 is 16.6 Å². The van der Waals surface area contributed by atoms with Gasteiger partial charge in [-0.25, -0.2) is 0 Å². The SMILES string of the molecule is NC(C(=O)NNc1ccc2cnccc2c1)C1CCCCC1. The molecule has 0 saturated heterocycles. The molecule has 0 aliphatic heterocycles. The van der Waals surface area contributed by atoms with Gasteiger partial charge in [-0.05, 0) is 42.3 Å². The molecule has 1 heterocycles. The maximum atomic E-state index is 12.2. The van der Waals surface area contributed by atoms with Gasteiger partial charge in [0.05, 0.1) is 11.7 Å². The van der Waals surface area contributed by atoms with Crippen molar-refractivity contribution in [3.63, 3.8) is 0 Å². The fraction of sp³-hybridized carbons (Fsp3) is 0.412. The summed E-state index contributed by atoms with van der Waals surface area (Å²) in [5.74, 6) is 0.167. The average molecular weight is 298 g/mol. The smallest absolute Gasteiger partial charge is 0.255 e. The molecule has 1 unspecified atom stereocenters. The van der Waals surface area contributed by atoms with E-state index in [0.717, 1.165) is 29.3 Å². The van der Waals surface area contributed by atoms with Crippen molar-refractivity contribution in [1.82, 2.24) is 10.4 Å². The normalized spacial score (nSPS) is 17.1. The molecule has 1 amide bonds. The molecule has 116 valence electrons. The predicted octanol–water partition coefficient (Wildman–Crippen LogP) is 2.59. The van der Waals surface area contributed by atoms with E-state index in [1.165, 1.54) is 19.3 Å². The largest absolute Gasteiger partial charge is 0.320 e. The minimum absolute atomic E-state index is 0.137. The number of hydrazine groups is 1. The van der Waals surface area contributed by atoms with Crippen molar-refractivity contribution in [2.24, 2.45) is 11.7 Å². The van der Waals surface area contributed by atoms with Crippen LogP contribution in [0, 0.1) is 5.92 Å². The van der Waals surface area contributed by atoms with Crippen molar-refractivity contribution in [1.29, 1.82) is 0 Å². The summed E-state index contributed by atoms with van der Waals surface area (Å²) in [5.41, 5.74) is 12.6. The number of aromatic nitrogens is 1. The molecule has 1 aromatic carbocycles. The number of nitrogens with zero attached hydrogens (tertiary/aromatic N) is 1. The van der Waals surface area contributed by atoms with Crippen LogP contribution in [0.4, 0.5) is 5.69 Å². The van der Waals surface area contributed by atoms with E-state index in [2.05, 4.69) is 15.8 Å². The van der Waals surface area contributed by atoms with E-state index in [1.54, 1.807) is 6.20 Å². The van der Waals surface area contributed by atoms with E-state index in [-0.39, 0.29) is 5.91 Å². The van der Waals surface area contributed by atoms with Gasteiger partial charge >= 0.3 is 0 Å². The summed E-state index contributed by atoms with van der Waals surface area (Å²) < 4.78 is 0. The van der Waals surface area contributed by atoms with Crippen molar-refractivity contribution in [2.75, 3.05) is 5.43 Å². The average Bonchev–Trinajstić information content (AvgIpc) is 2.59. The summed E-state index contributed by atoms with van der Waals surface area (Å²) in [7, 11) is 0. The Morgan fingerprint density at radius 1 is 1.18 bits per heavy atom. The summed E-state index contributed by atoms with van der Waals surface area (Å²) in [6.07, 6.45) is 9.29. The standard InChI is InChI=1S/C17H22N4O/c18-16(12-4-2-1-3-5-12)17(22)21-20-15-7-6-14-11-19-9-8-13(14)10-15/h6-12,16,20H,1-5,18H2,(H,21,22). The topological polar surface area (TPSA) is 80.0 Å². The minimum Gasteiger partial charge on any atom is -0.320 e. The third kappa shape index (κ3) is 3.36. The van der Waals surface area contributed by atoms with Crippen LogP contribution >= 0.6 is 0 Å². The molecule has 0 spiro atoms. The molecule has 22 heavy (non-hydrogen) atoms. The maximum Gasteiger partial charge on any atom is 0.255 e. The van der Waals surface area contributed by atoms with Gasteiger partial charge < -0.3 is 5.73 Å². The van der Waals surface area contributed by atoms with E-state index in [0.29, 0.717) is 5.92 Å². The zero-order valence-electron chi connectivity index (χ0n) is 12.6. The molecule has 5 heteroatoms. The summed E-state index contributed by atoms with van der Waals surface area (Å²) in [6.45, 7) is 0. The Balaban J connectivity index is 1.59. The van der Waals surface area contributed by atoms with E-state index >= 15 is 0 Å². The molecule has 0 radical (unpaired) electrons. The first-order chi connectivity index (χ1) is 10.7. The van der Waals surface area contributed by atoms with Crippen LogP contribution in [0.2, 0.25) is 0 Å². The zero-order valence-corrected chi connectivity index (χ0v) is 12.6. The van der Waals surface area contributed by atoms with Gasteiger partial charge in [-0.1, -0.05) is 25.3 Å². The van der Waals surface area contributed by atoms with E-state index in [4.69, 9.17) is 5.73 Å². The highest BCUT2D eigenvalue weighted by Crippen LogP contribution is 2.25. The number of pyridine rings is 1. The number of rotatable bonds is 4. The molecular formula is C17H22N4O. The number of hydrogen-bond acceptors (Lipinski definition) is 4. The first kappa shape index (κ1) is 14.8. The number of amides is 1. The van der Waals surface area contributed by atoms with Crippen LogP contribution in [0.25, 0.3) is 10.8 Å². The third-order valence-corrected chi connectivity index (χ3v) is 4.43. The van der Waals surface area contributed by atoms with Crippen molar-refractivity contribution >= 4 is 22.4 Å². The van der Waals surface area contributed by atoms with Gasteiger partial charge in [0.25, 0.3) is 5.91 Å². The third-order valence-electron chi connectivity index (χ3n) is 4.43. The molecular weight excluding hydrogens is 276 g/mol. The molecule has 1 aliphatic rings. The molecule has 1 fully saturated rings. The fourth-order valence-corrected chi connectivity index (χ4v) is 3.09. The second-order valence-electron chi connectivity index (χ2n) is 5.98. The Morgan fingerprint density at radius 3 is 2.82 bits per heavy atom. The van der Waals surface area contributed by atoms with Crippen molar-refractivity contribution in [3.8, 4) is 0 Å². The van der Waals surface area contributed by atoms with Gasteiger partial charge in [-0.15, -0.1) is 0 Å². The molecule has 1 atom stereocenters. The van der Waals surface area contributed by atoms with Gasteiger partial charge in [-0.2, -0.15) is 0 Å². The number of nitrogens with one attached hydrogen (secondary N) is 2. The van der Waals surface area contributed by atoms with Crippen molar-refractivity contribution in [2.45, 2.75) is 38.1 Å². The predicted molar refractivity (Wildman–Crippen MR) is 88.1 cm³/mol. The summed E-state index contributed by atoms with van der Waals surface area (Å²) in [5, 5.41) is 2.14. The van der Waals surface area contributed by atoms with Gasteiger partial charge in [0.15, 0.2) is 0 Å². The second-order valence-corrected chi connectivity index (χ2v) is 5.98. The Kier molecular flexibility index (Phi) is 4.53. The first-order valence-corrected chi connectivity index (χ1v) is 7.89. The Labute approximate surface area is 130 Å². The maximum absolute atomic E-state index is 12.2. The summed E-state index contributed by atoms with van der Waals surface area (Å²) in [6, 6.07) is 7.37. The first-order valence-electron chi connectivity index (χ1n) is 7.89. The lowest BCUT2D eigenvalue weighted by Gasteiger charge is -2.26. The number of hydrogen-bond donors (Lipinski definition) is 3. The lowest BCUT2D eigenvalue weighted by atomic mass is 9.84. The quantitative estimate of drug-likeness (QED) is 0.758. The Morgan fingerprint density at radius 2 is 2.00 bits per heavy atom. The van der Waals surface area contributed by atoms with E-state index in [1.807, 2.05) is 30.5 Å². The van der Waals surface area contributed by atoms with Crippen LogP contribution in [0.1, 0.15) is 32.1 Å². The molecule has 3 rings (SSSR count). The van der Waals surface area contributed by atoms with Gasteiger partial charge in [0.2, 0.25) is 0 Å². The highest BCUT2D eigenvalue weighted by Gasteiger charge is 2.25. The van der Waals surface area contributed by atoms with Crippen molar-refractivity contribution in [3.05, 3.63) is 36.7 Å². The number of anilines is 1.